The molecule has 0 amide bonds. The number of carboxylic acids is 1. The molecule has 0 radical (unpaired) electrons. The van der Waals surface area contributed by atoms with Crippen molar-refractivity contribution in [3.8, 4) is 11.4 Å². The molecule has 0 aliphatic rings. The molecule has 0 aliphatic heterocycles. The van der Waals surface area contributed by atoms with Crippen LogP contribution in [0.25, 0.3) is 11.4 Å². The van der Waals surface area contributed by atoms with Gasteiger partial charge in [0.15, 0.2) is 5.82 Å². The van der Waals surface area contributed by atoms with E-state index in [-0.39, 0.29) is 0 Å². The third kappa shape index (κ3) is 10.5. The lowest BCUT2D eigenvalue weighted by Crippen LogP contribution is -2.11. The number of rotatable bonds is 18. The highest BCUT2D eigenvalue weighted by Crippen LogP contribution is 2.26. The number of aromatic nitrogens is 2. The fourth-order valence-electron chi connectivity index (χ4n) is 4.35. The van der Waals surface area contributed by atoms with Crippen LogP contribution in [0.3, 0.4) is 0 Å². The molecule has 0 spiro atoms. The Hall–Kier alpha value is -2.23. The lowest BCUT2D eigenvalue weighted by Gasteiger charge is -2.13. The standard InChI is InChI=1S/C29H44N2O2/c1-3-5-7-9-11-12-14-16-24-22-30-28(31-23-24)26-20-18-25(19-21-26)27(29(32)33)17-15-13-10-8-6-4-2/h18-23,27H,3-17H2,1-2H3,(H,32,33). The van der Waals surface area contributed by atoms with E-state index < -0.39 is 11.9 Å². The summed E-state index contributed by atoms with van der Waals surface area (Å²) in [6.45, 7) is 4.46. The summed E-state index contributed by atoms with van der Waals surface area (Å²) in [4.78, 5) is 20.9. The average Bonchev–Trinajstić information content (AvgIpc) is 2.83. The Morgan fingerprint density at radius 3 is 1.82 bits per heavy atom. The maximum atomic E-state index is 11.8. The Labute approximate surface area is 201 Å². The molecule has 1 atom stereocenters. The van der Waals surface area contributed by atoms with Gasteiger partial charge in [-0.1, -0.05) is 115 Å². The van der Waals surface area contributed by atoms with Gasteiger partial charge in [0.2, 0.25) is 0 Å². The summed E-state index contributed by atoms with van der Waals surface area (Å²) in [6.07, 6.45) is 21.8. The number of hydrogen-bond acceptors (Lipinski definition) is 3. The predicted molar refractivity (Wildman–Crippen MR) is 138 cm³/mol. The lowest BCUT2D eigenvalue weighted by molar-refractivity contribution is -0.139. The quantitative estimate of drug-likeness (QED) is 0.231. The first-order valence-electron chi connectivity index (χ1n) is 13.3. The molecule has 1 heterocycles. The molecule has 0 saturated carbocycles. The number of nitrogens with zero attached hydrogens (tertiary/aromatic N) is 2. The number of aliphatic carboxylic acids is 1. The van der Waals surface area contributed by atoms with Gasteiger partial charge in [-0.3, -0.25) is 4.79 Å². The van der Waals surface area contributed by atoms with Crippen molar-refractivity contribution in [2.24, 2.45) is 0 Å². The van der Waals surface area contributed by atoms with Gasteiger partial charge in [0.1, 0.15) is 0 Å². The van der Waals surface area contributed by atoms with Gasteiger partial charge in [-0.15, -0.1) is 0 Å². The van der Waals surface area contributed by atoms with Crippen molar-refractivity contribution in [2.75, 3.05) is 0 Å². The topological polar surface area (TPSA) is 63.1 Å². The van der Waals surface area contributed by atoms with E-state index in [0.29, 0.717) is 12.2 Å². The molecular weight excluding hydrogens is 408 g/mol. The normalized spacial score (nSPS) is 12.1. The van der Waals surface area contributed by atoms with Crippen LogP contribution in [0.2, 0.25) is 0 Å². The van der Waals surface area contributed by atoms with Crippen molar-refractivity contribution < 1.29 is 9.90 Å². The van der Waals surface area contributed by atoms with Crippen molar-refractivity contribution in [3.05, 3.63) is 47.8 Å². The Balaban J connectivity index is 1.82. The molecule has 1 N–H and O–H groups in total. The minimum Gasteiger partial charge on any atom is -0.481 e. The number of carbonyl (C=O) groups is 1. The van der Waals surface area contributed by atoms with Crippen LogP contribution in [0.4, 0.5) is 0 Å². The maximum absolute atomic E-state index is 11.8. The van der Waals surface area contributed by atoms with Crippen LogP contribution >= 0.6 is 0 Å². The van der Waals surface area contributed by atoms with E-state index in [1.54, 1.807) is 0 Å². The van der Waals surface area contributed by atoms with Gasteiger partial charge in [-0.2, -0.15) is 0 Å². The second kappa shape index (κ2) is 16.4. The van der Waals surface area contributed by atoms with Gasteiger partial charge in [-0.05, 0) is 30.4 Å². The minimum absolute atomic E-state index is 0.435. The molecule has 0 aliphatic carbocycles. The van der Waals surface area contributed by atoms with E-state index in [2.05, 4.69) is 23.8 Å². The van der Waals surface area contributed by atoms with Crippen LogP contribution in [0.1, 0.15) is 121 Å². The van der Waals surface area contributed by atoms with E-state index in [4.69, 9.17) is 0 Å². The highest BCUT2D eigenvalue weighted by Gasteiger charge is 2.19. The predicted octanol–water partition coefficient (Wildman–Crippen LogP) is 8.36. The van der Waals surface area contributed by atoms with Crippen molar-refractivity contribution in [1.82, 2.24) is 9.97 Å². The summed E-state index contributed by atoms with van der Waals surface area (Å²) in [6, 6.07) is 7.78. The zero-order valence-corrected chi connectivity index (χ0v) is 20.9. The molecule has 33 heavy (non-hydrogen) atoms. The Bertz CT molecular complexity index is 771. The fraction of sp³-hybridized carbons (Fsp3) is 0.621. The minimum atomic E-state index is -0.734. The summed E-state index contributed by atoms with van der Waals surface area (Å²) < 4.78 is 0. The largest absolute Gasteiger partial charge is 0.481 e. The summed E-state index contributed by atoms with van der Waals surface area (Å²) in [5.41, 5.74) is 2.99. The van der Waals surface area contributed by atoms with Crippen molar-refractivity contribution >= 4 is 5.97 Å². The van der Waals surface area contributed by atoms with Crippen molar-refractivity contribution in [2.45, 2.75) is 116 Å². The van der Waals surface area contributed by atoms with Crippen LogP contribution in [-0.2, 0) is 11.2 Å². The van der Waals surface area contributed by atoms with E-state index in [0.717, 1.165) is 30.4 Å². The molecule has 4 heteroatoms. The zero-order valence-electron chi connectivity index (χ0n) is 20.9. The monoisotopic (exact) mass is 452 g/mol. The molecule has 182 valence electrons. The Kier molecular flexibility index (Phi) is 13.4. The first kappa shape index (κ1) is 27.0. The summed E-state index contributed by atoms with van der Waals surface area (Å²) >= 11 is 0. The molecule has 4 nitrogen and oxygen atoms in total. The van der Waals surface area contributed by atoms with Gasteiger partial charge in [0.25, 0.3) is 0 Å². The van der Waals surface area contributed by atoms with Crippen LogP contribution in [-0.4, -0.2) is 21.0 Å². The zero-order chi connectivity index (χ0) is 23.7. The van der Waals surface area contributed by atoms with Crippen LogP contribution in [0, 0.1) is 0 Å². The molecule has 0 saturated heterocycles. The molecule has 0 fully saturated rings. The molecule has 0 bridgehead atoms. The molecule has 1 unspecified atom stereocenters. The number of benzene rings is 1. The van der Waals surface area contributed by atoms with Gasteiger partial charge in [0.05, 0.1) is 5.92 Å². The van der Waals surface area contributed by atoms with E-state index in [9.17, 15) is 9.90 Å². The lowest BCUT2D eigenvalue weighted by atomic mass is 9.92. The molecule has 1 aromatic heterocycles. The van der Waals surface area contributed by atoms with E-state index >= 15 is 0 Å². The molecular formula is C29H44N2O2. The molecule has 2 rings (SSSR count). The van der Waals surface area contributed by atoms with Crippen molar-refractivity contribution in [1.29, 1.82) is 0 Å². The van der Waals surface area contributed by atoms with Crippen LogP contribution in [0.5, 0.6) is 0 Å². The van der Waals surface area contributed by atoms with E-state index in [1.165, 1.54) is 76.2 Å². The third-order valence-corrected chi connectivity index (χ3v) is 6.49. The number of unbranched alkanes of at least 4 members (excludes halogenated alkanes) is 11. The van der Waals surface area contributed by atoms with Gasteiger partial charge >= 0.3 is 5.97 Å². The van der Waals surface area contributed by atoms with Gasteiger partial charge < -0.3 is 5.11 Å². The fourth-order valence-corrected chi connectivity index (χ4v) is 4.35. The van der Waals surface area contributed by atoms with Crippen molar-refractivity contribution in [3.63, 3.8) is 0 Å². The Morgan fingerprint density at radius 2 is 1.27 bits per heavy atom. The van der Waals surface area contributed by atoms with Crippen LogP contribution < -0.4 is 0 Å². The summed E-state index contributed by atoms with van der Waals surface area (Å²) in [5, 5.41) is 9.70. The smallest absolute Gasteiger partial charge is 0.310 e. The van der Waals surface area contributed by atoms with Crippen LogP contribution in [0.15, 0.2) is 36.7 Å². The average molecular weight is 453 g/mol. The number of carboxylic acid groups (broad SMARTS) is 1. The van der Waals surface area contributed by atoms with Gasteiger partial charge in [0, 0.05) is 18.0 Å². The SMILES string of the molecule is CCCCCCCCCc1cnc(-c2ccc(C(CCCCCCCC)C(=O)O)cc2)nc1. The maximum Gasteiger partial charge on any atom is 0.310 e. The highest BCUT2D eigenvalue weighted by atomic mass is 16.4. The summed E-state index contributed by atoms with van der Waals surface area (Å²) in [7, 11) is 0. The second-order valence-electron chi connectivity index (χ2n) is 9.36. The second-order valence-corrected chi connectivity index (χ2v) is 9.36. The first-order valence-corrected chi connectivity index (χ1v) is 13.3. The summed E-state index contributed by atoms with van der Waals surface area (Å²) in [5.74, 6) is -0.467. The first-order chi connectivity index (χ1) is 16.2. The molecule has 2 aromatic rings. The third-order valence-electron chi connectivity index (χ3n) is 6.49. The van der Waals surface area contributed by atoms with Gasteiger partial charge in [-0.25, -0.2) is 9.97 Å². The Morgan fingerprint density at radius 1 is 0.758 bits per heavy atom. The number of aryl methyl sites for hydroxylation is 1. The highest BCUT2D eigenvalue weighted by molar-refractivity contribution is 5.76. The van der Waals surface area contributed by atoms with E-state index in [1.807, 2.05) is 36.7 Å². The number of hydrogen-bond donors (Lipinski definition) is 1. The molecule has 1 aromatic carbocycles.